The second-order valence-corrected chi connectivity index (χ2v) is 10.6. The third kappa shape index (κ3) is 5.66. The molecule has 180 valence electrons. The van der Waals surface area contributed by atoms with Gasteiger partial charge in [-0.1, -0.05) is 0 Å². The molecule has 0 amide bonds. The molecule has 3 rings (SSSR count). The number of aliphatic hydroxyl groups is 1. The highest BCUT2D eigenvalue weighted by molar-refractivity contribution is 7.66. The van der Waals surface area contributed by atoms with Crippen molar-refractivity contribution in [2.45, 2.75) is 24.6 Å². The quantitative estimate of drug-likeness (QED) is 0.196. The molecule has 22 heteroatoms. The number of phosphoric ester groups is 1. The zero-order chi connectivity index (χ0) is 24.1. The van der Waals surface area contributed by atoms with E-state index in [4.69, 9.17) is 25.2 Å². The zero-order valence-electron chi connectivity index (χ0n) is 15.2. The maximum absolute atomic E-state index is 14.6. The fourth-order valence-corrected chi connectivity index (χ4v) is 5.70. The molecule has 8 N–H and O–H groups in total. The first-order valence-electron chi connectivity index (χ1n) is 8.07. The van der Waals surface area contributed by atoms with E-state index in [9.17, 15) is 32.9 Å². The minimum absolute atomic E-state index is 0.195. The molecule has 0 radical (unpaired) electrons. The number of H-pyrrole nitrogens is 1. The number of ether oxygens (including phenoxy) is 1. The Morgan fingerprint density at radius 2 is 1.88 bits per heavy atom. The van der Waals surface area contributed by atoms with Gasteiger partial charge in [-0.15, -0.1) is 0 Å². The maximum Gasteiger partial charge on any atom is 0.490 e. The molecule has 0 aliphatic carbocycles. The van der Waals surface area contributed by atoms with E-state index in [1.54, 1.807) is 0 Å². The number of alkyl halides is 1. The lowest BCUT2D eigenvalue weighted by Crippen LogP contribution is -2.31. The highest BCUT2D eigenvalue weighted by Gasteiger charge is 2.48. The van der Waals surface area contributed by atoms with Gasteiger partial charge < -0.3 is 35.2 Å². The van der Waals surface area contributed by atoms with Crippen molar-refractivity contribution in [3.63, 3.8) is 0 Å². The molecule has 6 atom stereocenters. The summed E-state index contributed by atoms with van der Waals surface area (Å²) in [5.41, 5.74) is 4.29. The summed E-state index contributed by atoms with van der Waals surface area (Å²) in [6, 6.07) is 0. The van der Waals surface area contributed by atoms with Gasteiger partial charge in [0.2, 0.25) is 5.95 Å². The normalized spacial score (nSPS) is 27.9. The number of aliphatic hydroxyl groups excluding tert-OH is 1. The van der Waals surface area contributed by atoms with Crippen LogP contribution in [0.1, 0.15) is 6.23 Å². The van der Waals surface area contributed by atoms with Crippen LogP contribution in [0.15, 0.2) is 11.1 Å². The van der Waals surface area contributed by atoms with Crippen molar-refractivity contribution in [2.24, 2.45) is 0 Å². The molecule has 1 fully saturated rings. The van der Waals surface area contributed by atoms with Gasteiger partial charge in [0.25, 0.3) is 5.56 Å². The summed E-state index contributed by atoms with van der Waals surface area (Å²) in [6.07, 6.45) is -6.48. The van der Waals surface area contributed by atoms with Gasteiger partial charge in [-0.05, 0) is 0 Å². The van der Waals surface area contributed by atoms with Crippen LogP contribution in [0.3, 0.4) is 0 Å². The standard InChI is InChI=1S/C10H15FN5O13P3/c11-4-6(17)3(1-26-31(22,23)29-32(24,25)28-30(19,20)21)27-9(4)16-2-13-5-7(16)14-10(12)15-8(5)18/h2-4,6,9,17H,1H2,(H,22,23)(H,24,25)(H2,19,20,21)(H3,12,14,15,18)/t3-,4+,6?,9-/m1/s1. The van der Waals surface area contributed by atoms with Gasteiger partial charge in [0.05, 0.1) is 12.9 Å². The van der Waals surface area contributed by atoms with Gasteiger partial charge >= 0.3 is 23.5 Å². The van der Waals surface area contributed by atoms with E-state index in [1.165, 1.54) is 0 Å². The predicted octanol–water partition coefficient (Wildman–Crippen LogP) is -1.36. The summed E-state index contributed by atoms with van der Waals surface area (Å²) in [5, 5.41) is 10.0. The Balaban J connectivity index is 1.72. The van der Waals surface area contributed by atoms with Gasteiger partial charge in [-0.3, -0.25) is 18.9 Å². The molecule has 2 aromatic rings. The Bertz CT molecular complexity index is 1210. The Morgan fingerprint density at radius 3 is 2.50 bits per heavy atom. The summed E-state index contributed by atoms with van der Waals surface area (Å²) in [6.45, 7) is -1.09. The molecule has 0 spiro atoms. The van der Waals surface area contributed by atoms with E-state index in [-0.39, 0.29) is 17.1 Å². The SMILES string of the molecule is Nc1nc2c(ncn2[C@@H]2O[C@H](COP(=O)(O)OP(=O)(O)OP(=O)(O)O)C(O)[C@@H]2F)c(=O)[nH]1. The summed E-state index contributed by atoms with van der Waals surface area (Å²) >= 11 is 0. The summed E-state index contributed by atoms with van der Waals surface area (Å²) in [4.78, 5) is 57.0. The minimum atomic E-state index is -5.76. The summed E-state index contributed by atoms with van der Waals surface area (Å²) in [5.74, 6) is -0.317. The first-order chi connectivity index (χ1) is 14.6. The molecular formula is C10H15FN5O13P3. The van der Waals surface area contributed by atoms with Crippen LogP contribution < -0.4 is 11.3 Å². The maximum atomic E-state index is 14.6. The van der Waals surface area contributed by atoms with Crippen LogP contribution in [0.5, 0.6) is 0 Å². The van der Waals surface area contributed by atoms with Crippen LogP contribution in [-0.2, 0) is 31.6 Å². The highest BCUT2D eigenvalue weighted by atomic mass is 31.3. The monoisotopic (exact) mass is 525 g/mol. The third-order valence-electron chi connectivity index (χ3n) is 3.84. The number of halogens is 1. The number of nitrogens with two attached hydrogens (primary N) is 1. The first kappa shape index (κ1) is 25.0. The molecule has 3 heterocycles. The van der Waals surface area contributed by atoms with E-state index in [0.717, 1.165) is 10.9 Å². The largest absolute Gasteiger partial charge is 0.490 e. The zero-order valence-corrected chi connectivity index (χ0v) is 17.9. The van der Waals surface area contributed by atoms with Crippen molar-refractivity contribution in [2.75, 3.05) is 12.3 Å². The van der Waals surface area contributed by atoms with Crippen molar-refractivity contribution >= 4 is 40.6 Å². The lowest BCUT2D eigenvalue weighted by molar-refractivity contribution is -0.0450. The first-order valence-corrected chi connectivity index (χ1v) is 12.6. The van der Waals surface area contributed by atoms with Gasteiger partial charge in [0.15, 0.2) is 23.6 Å². The molecular weight excluding hydrogens is 510 g/mol. The fourth-order valence-electron chi connectivity index (χ4n) is 2.67. The van der Waals surface area contributed by atoms with Crippen LogP contribution in [-0.4, -0.2) is 69.2 Å². The van der Waals surface area contributed by atoms with E-state index < -0.39 is 60.2 Å². The minimum Gasteiger partial charge on any atom is -0.387 e. The summed E-state index contributed by atoms with van der Waals surface area (Å²) in [7, 11) is -16.9. The van der Waals surface area contributed by atoms with Gasteiger partial charge in [-0.2, -0.15) is 13.6 Å². The number of aromatic amines is 1. The Morgan fingerprint density at radius 1 is 1.22 bits per heavy atom. The predicted molar refractivity (Wildman–Crippen MR) is 97.2 cm³/mol. The van der Waals surface area contributed by atoms with E-state index in [2.05, 4.69) is 28.1 Å². The van der Waals surface area contributed by atoms with Crippen LogP contribution in [0.2, 0.25) is 0 Å². The molecule has 2 aromatic heterocycles. The smallest absolute Gasteiger partial charge is 0.387 e. The Labute approximate surface area is 175 Å². The molecule has 18 nitrogen and oxygen atoms in total. The average molecular weight is 525 g/mol. The number of nitrogens with zero attached hydrogens (tertiary/aromatic N) is 3. The van der Waals surface area contributed by atoms with Crippen molar-refractivity contribution in [3.8, 4) is 0 Å². The lowest BCUT2D eigenvalue weighted by Gasteiger charge is -2.19. The van der Waals surface area contributed by atoms with Crippen LogP contribution >= 0.6 is 23.5 Å². The van der Waals surface area contributed by atoms with Crippen molar-refractivity contribution < 1.29 is 60.6 Å². The van der Waals surface area contributed by atoms with E-state index in [1.807, 2.05) is 0 Å². The summed E-state index contributed by atoms with van der Waals surface area (Å²) < 4.78 is 65.8. The Hall–Kier alpha value is -1.59. The Kier molecular flexibility index (Phi) is 6.76. The molecule has 1 saturated heterocycles. The van der Waals surface area contributed by atoms with Gasteiger partial charge in [0.1, 0.15) is 12.2 Å². The molecule has 0 bridgehead atoms. The molecule has 1 aliphatic rings. The second kappa shape index (κ2) is 8.64. The molecule has 0 saturated carbocycles. The third-order valence-corrected chi connectivity index (χ3v) is 7.64. The molecule has 1 aliphatic heterocycles. The van der Waals surface area contributed by atoms with Crippen molar-refractivity contribution in [3.05, 3.63) is 16.7 Å². The second-order valence-electron chi connectivity index (χ2n) is 6.16. The number of rotatable bonds is 8. The number of fused-ring (bicyclic) bond motifs is 1. The average Bonchev–Trinajstić information content (AvgIpc) is 3.12. The van der Waals surface area contributed by atoms with Crippen LogP contribution in [0.25, 0.3) is 11.2 Å². The fraction of sp³-hybridized carbons (Fsp3) is 0.500. The molecule has 32 heavy (non-hydrogen) atoms. The van der Waals surface area contributed by atoms with Gasteiger partial charge in [-0.25, -0.2) is 23.1 Å². The number of nitrogen functional groups attached to an aromatic ring is 1. The number of hydrogen-bond donors (Lipinski definition) is 7. The number of anilines is 1. The molecule has 0 aromatic carbocycles. The van der Waals surface area contributed by atoms with E-state index in [0.29, 0.717) is 0 Å². The number of aromatic nitrogens is 4. The topological polar surface area (TPSA) is 279 Å². The van der Waals surface area contributed by atoms with Crippen LogP contribution in [0, 0.1) is 0 Å². The number of phosphoric acid groups is 3. The van der Waals surface area contributed by atoms with Crippen molar-refractivity contribution in [1.29, 1.82) is 0 Å². The molecule has 3 unspecified atom stereocenters. The number of imidazole rings is 1. The number of nitrogens with one attached hydrogen (secondary N) is 1. The number of hydrogen-bond acceptors (Lipinski definition) is 12. The lowest BCUT2D eigenvalue weighted by atomic mass is 10.1. The highest BCUT2D eigenvalue weighted by Crippen LogP contribution is 2.66. The van der Waals surface area contributed by atoms with E-state index >= 15 is 0 Å². The van der Waals surface area contributed by atoms with Gasteiger partial charge in [0, 0.05) is 0 Å². The van der Waals surface area contributed by atoms with Crippen molar-refractivity contribution in [1.82, 2.24) is 19.5 Å². The van der Waals surface area contributed by atoms with Crippen LogP contribution in [0.4, 0.5) is 10.3 Å².